The van der Waals surface area contributed by atoms with Crippen molar-refractivity contribution in [2.75, 3.05) is 26.2 Å². The highest BCUT2D eigenvalue weighted by Crippen LogP contribution is 2.30. The average Bonchev–Trinajstić information content (AvgIpc) is 2.62. The van der Waals surface area contributed by atoms with Crippen molar-refractivity contribution in [3.05, 3.63) is 29.8 Å². The van der Waals surface area contributed by atoms with E-state index in [4.69, 9.17) is 4.74 Å². The molecular weight excluding hydrogens is 343 g/mol. The maximum absolute atomic E-state index is 12.6. The minimum atomic E-state index is -4.31. The zero-order valence-corrected chi connectivity index (χ0v) is 14.9. The van der Waals surface area contributed by atoms with Gasteiger partial charge in [0.1, 0.15) is 11.5 Å². The molecule has 0 spiro atoms. The predicted molar refractivity (Wildman–Crippen MR) is 93.1 cm³/mol. The standard InChI is InChI=1S/C20H26F3NO2/c21-20(22,23)17-5-9-19(10-6-17)26-14-16-2-1-11-24(13-16)12-15-3-7-18(25)8-4-15/h5-6,9-10,15-16H,1-4,7-8,11-14H2. The fourth-order valence-electron chi connectivity index (χ4n) is 3.95. The van der Waals surface area contributed by atoms with Crippen LogP contribution in [0, 0.1) is 11.8 Å². The van der Waals surface area contributed by atoms with E-state index in [2.05, 4.69) is 4.90 Å². The second-order valence-electron chi connectivity index (χ2n) is 7.58. The number of benzene rings is 1. The minimum Gasteiger partial charge on any atom is -0.493 e. The van der Waals surface area contributed by atoms with Crippen molar-refractivity contribution < 1.29 is 22.7 Å². The molecule has 0 bridgehead atoms. The summed E-state index contributed by atoms with van der Waals surface area (Å²) in [5, 5.41) is 0. The maximum atomic E-state index is 12.6. The normalized spacial score (nSPS) is 23.2. The zero-order valence-electron chi connectivity index (χ0n) is 14.9. The largest absolute Gasteiger partial charge is 0.493 e. The molecule has 1 saturated carbocycles. The molecule has 2 aliphatic rings. The molecular formula is C20H26F3NO2. The van der Waals surface area contributed by atoms with Crippen LogP contribution >= 0.6 is 0 Å². The molecule has 3 nitrogen and oxygen atoms in total. The van der Waals surface area contributed by atoms with Gasteiger partial charge < -0.3 is 9.64 Å². The molecule has 1 saturated heterocycles. The Kier molecular flexibility index (Phi) is 6.22. The molecule has 1 atom stereocenters. The Labute approximate surface area is 152 Å². The number of rotatable bonds is 5. The molecule has 2 fully saturated rings. The van der Waals surface area contributed by atoms with Crippen LogP contribution in [0.25, 0.3) is 0 Å². The Bertz CT molecular complexity index is 590. The van der Waals surface area contributed by atoms with Crippen LogP contribution in [0.1, 0.15) is 44.1 Å². The Hall–Kier alpha value is -1.56. The zero-order chi connectivity index (χ0) is 18.6. The number of ether oxygens (including phenoxy) is 1. The van der Waals surface area contributed by atoms with Gasteiger partial charge in [0.05, 0.1) is 12.2 Å². The molecule has 6 heteroatoms. The van der Waals surface area contributed by atoms with Gasteiger partial charge in [-0.3, -0.25) is 4.79 Å². The predicted octanol–water partition coefficient (Wildman–Crippen LogP) is 4.56. The minimum absolute atomic E-state index is 0.391. The Morgan fingerprint density at radius 3 is 2.38 bits per heavy atom. The summed E-state index contributed by atoms with van der Waals surface area (Å²) < 4.78 is 43.5. The van der Waals surface area contributed by atoms with E-state index < -0.39 is 11.7 Å². The number of ketones is 1. The van der Waals surface area contributed by atoms with E-state index in [-0.39, 0.29) is 0 Å². The van der Waals surface area contributed by atoms with E-state index in [1.807, 2.05) is 0 Å². The number of carbonyl (C=O) groups is 1. The van der Waals surface area contributed by atoms with Crippen LogP contribution in [0.15, 0.2) is 24.3 Å². The van der Waals surface area contributed by atoms with Crippen LogP contribution in [0.2, 0.25) is 0 Å². The molecule has 0 N–H and O–H groups in total. The fraction of sp³-hybridized carbons (Fsp3) is 0.650. The van der Waals surface area contributed by atoms with Crippen LogP contribution in [0.3, 0.4) is 0 Å². The summed E-state index contributed by atoms with van der Waals surface area (Å²) in [6, 6.07) is 4.91. The van der Waals surface area contributed by atoms with E-state index in [0.717, 1.165) is 70.3 Å². The van der Waals surface area contributed by atoms with Gasteiger partial charge in [-0.05, 0) is 62.4 Å². The van der Waals surface area contributed by atoms with Crippen LogP contribution in [0.4, 0.5) is 13.2 Å². The summed E-state index contributed by atoms with van der Waals surface area (Å²) in [5.41, 5.74) is -0.653. The van der Waals surface area contributed by atoms with Gasteiger partial charge in [0, 0.05) is 31.8 Å². The Morgan fingerprint density at radius 2 is 1.73 bits per heavy atom. The van der Waals surface area contributed by atoms with Gasteiger partial charge in [-0.15, -0.1) is 0 Å². The highest BCUT2D eigenvalue weighted by molar-refractivity contribution is 5.79. The van der Waals surface area contributed by atoms with Gasteiger partial charge in [-0.25, -0.2) is 0 Å². The van der Waals surface area contributed by atoms with Crippen molar-refractivity contribution in [1.82, 2.24) is 4.90 Å². The molecule has 3 rings (SSSR count). The molecule has 144 valence electrons. The van der Waals surface area contributed by atoms with Gasteiger partial charge in [0.2, 0.25) is 0 Å². The van der Waals surface area contributed by atoms with Crippen molar-refractivity contribution in [2.24, 2.45) is 11.8 Å². The fourth-order valence-corrected chi connectivity index (χ4v) is 3.95. The molecule has 0 radical (unpaired) electrons. The van der Waals surface area contributed by atoms with Crippen LogP contribution in [-0.2, 0) is 11.0 Å². The van der Waals surface area contributed by atoms with Crippen molar-refractivity contribution in [3.8, 4) is 5.75 Å². The second-order valence-corrected chi connectivity index (χ2v) is 7.58. The second kappa shape index (κ2) is 8.42. The van der Waals surface area contributed by atoms with Crippen molar-refractivity contribution in [3.63, 3.8) is 0 Å². The molecule has 1 heterocycles. The summed E-state index contributed by atoms with van der Waals surface area (Å²) >= 11 is 0. The highest BCUT2D eigenvalue weighted by Gasteiger charge is 2.30. The van der Waals surface area contributed by atoms with Gasteiger partial charge in [0.25, 0.3) is 0 Å². The van der Waals surface area contributed by atoms with Crippen LogP contribution < -0.4 is 4.74 Å². The van der Waals surface area contributed by atoms with E-state index in [9.17, 15) is 18.0 Å². The van der Waals surface area contributed by atoms with Crippen molar-refractivity contribution in [1.29, 1.82) is 0 Å². The topological polar surface area (TPSA) is 29.5 Å². The van der Waals surface area contributed by atoms with E-state index >= 15 is 0 Å². The summed E-state index contributed by atoms with van der Waals surface area (Å²) in [6.07, 6.45) is 1.33. The number of hydrogen-bond acceptors (Lipinski definition) is 3. The lowest BCUT2D eigenvalue weighted by atomic mass is 9.87. The van der Waals surface area contributed by atoms with Gasteiger partial charge in [-0.1, -0.05) is 0 Å². The first-order chi connectivity index (χ1) is 12.4. The molecule has 1 aromatic rings. The molecule has 1 aromatic carbocycles. The van der Waals surface area contributed by atoms with Crippen LogP contribution in [-0.4, -0.2) is 36.9 Å². The average molecular weight is 369 g/mol. The number of halogens is 3. The van der Waals surface area contributed by atoms with Crippen LogP contribution in [0.5, 0.6) is 5.75 Å². The molecule has 1 aliphatic heterocycles. The Morgan fingerprint density at radius 1 is 1.04 bits per heavy atom. The first kappa shape index (κ1) is 19.2. The quantitative estimate of drug-likeness (QED) is 0.762. The van der Waals surface area contributed by atoms with Crippen molar-refractivity contribution in [2.45, 2.75) is 44.7 Å². The maximum Gasteiger partial charge on any atom is 0.416 e. The lowest BCUT2D eigenvalue weighted by molar-refractivity contribution is -0.137. The number of Topliss-reactive ketones (excluding diaryl/α,β-unsaturated/α-hetero) is 1. The number of hydrogen-bond donors (Lipinski definition) is 0. The lowest BCUT2D eigenvalue weighted by Crippen LogP contribution is -2.41. The summed E-state index contributed by atoms with van der Waals surface area (Å²) in [5.74, 6) is 1.89. The third-order valence-corrected chi connectivity index (χ3v) is 5.45. The lowest BCUT2D eigenvalue weighted by Gasteiger charge is -2.35. The molecule has 1 aliphatic carbocycles. The van der Waals surface area contributed by atoms with Gasteiger partial charge >= 0.3 is 6.18 Å². The molecule has 26 heavy (non-hydrogen) atoms. The van der Waals surface area contributed by atoms with Gasteiger partial charge in [0.15, 0.2) is 0 Å². The van der Waals surface area contributed by atoms with E-state index in [1.165, 1.54) is 12.1 Å². The number of carbonyl (C=O) groups excluding carboxylic acids is 1. The smallest absolute Gasteiger partial charge is 0.416 e. The number of alkyl halides is 3. The summed E-state index contributed by atoms with van der Waals surface area (Å²) in [4.78, 5) is 13.8. The third-order valence-electron chi connectivity index (χ3n) is 5.45. The monoisotopic (exact) mass is 369 g/mol. The summed E-state index contributed by atoms with van der Waals surface area (Å²) in [6.45, 7) is 3.63. The molecule has 0 aromatic heterocycles. The SMILES string of the molecule is O=C1CCC(CN2CCCC(COc3ccc(C(F)(F)F)cc3)C2)CC1. The first-order valence-electron chi connectivity index (χ1n) is 9.44. The number of piperidine rings is 1. The third kappa shape index (κ3) is 5.47. The van der Waals surface area contributed by atoms with Crippen molar-refractivity contribution >= 4 is 5.78 Å². The Balaban J connectivity index is 1.44. The summed E-state index contributed by atoms with van der Waals surface area (Å²) in [7, 11) is 0. The number of likely N-dealkylation sites (tertiary alicyclic amines) is 1. The first-order valence-corrected chi connectivity index (χ1v) is 9.44. The number of nitrogens with zero attached hydrogens (tertiary/aromatic N) is 1. The molecule has 0 amide bonds. The van der Waals surface area contributed by atoms with Gasteiger partial charge in [-0.2, -0.15) is 13.2 Å². The van der Waals surface area contributed by atoms with E-state index in [0.29, 0.717) is 30.0 Å². The van der Waals surface area contributed by atoms with E-state index in [1.54, 1.807) is 0 Å². The highest BCUT2D eigenvalue weighted by atomic mass is 19.4. The molecule has 1 unspecified atom stereocenters.